The third kappa shape index (κ3) is 5.12. The molecular weight excluding hydrogens is 727 g/mol. The van der Waals surface area contributed by atoms with Crippen molar-refractivity contribution >= 4 is 92.4 Å². The van der Waals surface area contributed by atoms with E-state index < -0.39 is 0 Å². The molecule has 0 spiro atoms. The van der Waals surface area contributed by atoms with Crippen LogP contribution in [0.1, 0.15) is 0 Å². The van der Waals surface area contributed by atoms with Crippen molar-refractivity contribution < 1.29 is 8.83 Å². The zero-order valence-electron chi connectivity index (χ0n) is 31.2. The van der Waals surface area contributed by atoms with Crippen molar-refractivity contribution in [3.05, 3.63) is 200 Å². The number of benzene rings is 9. The normalized spacial score (nSPS) is 11.8. The van der Waals surface area contributed by atoms with Crippen LogP contribution in [-0.4, -0.2) is 0 Å². The zero-order chi connectivity index (χ0) is 38.2. The third-order valence-electron chi connectivity index (χ3n) is 11.5. The van der Waals surface area contributed by atoms with Crippen LogP contribution in [0.15, 0.2) is 209 Å². The monoisotopic (exact) mass is 759 g/mol. The maximum atomic E-state index is 7.03. The number of rotatable bonds is 6. The standard InChI is InChI=1S/C54H33NO2S/c1-4-14-34(15-5-1)37-26-28-43-49(32-37)57-53-39(35-16-6-2-7-17-35)29-30-46(52(43)53)55(45-23-13-25-48-51(45)42-20-10-11-24-47(42)56-48)38-27-31-50-44(33-38)41-22-12-21-40(54(41)58-50)36-18-8-3-9-19-36/h1-33H. The van der Waals surface area contributed by atoms with Crippen molar-refractivity contribution in [1.29, 1.82) is 0 Å². The Balaban J connectivity index is 1.17. The van der Waals surface area contributed by atoms with Gasteiger partial charge in [0, 0.05) is 42.2 Å². The first-order valence-corrected chi connectivity index (χ1v) is 20.4. The smallest absolute Gasteiger partial charge is 0.145 e. The molecule has 0 fully saturated rings. The highest BCUT2D eigenvalue weighted by Gasteiger charge is 2.26. The number of hydrogen-bond donors (Lipinski definition) is 0. The SMILES string of the molecule is c1ccc(-c2ccc3c(c2)oc2c(-c4ccccc4)ccc(N(c4ccc5sc6c(-c7ccccc7)cccc6c5c4)c4cccc5oc6ccccc6c45)c23)cc1. The second-order valence-corrected chi connectivity index (χ2v) is 15.8. The molecule has 0 atom stereocenters. The number of anilines is 3. The van der Waals surface area contributed by atoms with Crippen molar-refractivity contribution in [2.24, 2.45) is 0 Å². The van der Waals surface area contributed by atoms with E-state index in [4.69, 9.17) is 8.83 Å². The van der Waals surface area contributed by atoms with Gasteiger partial charge in [-0.15, -0.1) is 11.3 Å². The summed E-state index contributed by atoms with van der Waals surface area (Å²) in [5.74, 6) is 0. The predicted octanol–water partition coefficient (Wildman–Crippen LogP) is 16.3. The van der Waals surface area contributed by atoms with Gasteiger partial charge in [0.05, 0.1) is 22.1 Å². The fourth-order valence-electron chi connectivity index (χ4n) is 8.82. The van der Waals surface area contributed by atoms with Gasteiger partial charge < -0.3 is 13.7 Å². The minimum Gasteiger partial charge on any atom is -0.456 e. The summed E-state index contributed by atoms with van der Waals surface area (Å²) >= 11 is 1.86. The number of thiophene rings is 1. The highest BCUT2D eigenvalue weighted by molar-refractivity contribution is 7.26. The van der Waals surface area contributed by atoms with Gasteiger partial charge in [-0.25, -0.2) is 0 Å². The van der Waals surface area contributed by atoms with Gasteiger partial charge in [-0.2, -0.15) is 0 Å². The van der Waals surface area contributed by atoms with Crippen LogP contribution < -0.4 is 4.90 Å². The summed E-state index contributed by atoms with van der Waals surface area (Å²) in [6.07, 6.45) is 0. The number of furan rings is 2. The van der Waals surface area contributed by atoms with Gasteiger partial charge in [0.25, 0.3) is 0 Å². The van der Waals surface area contributed by atoms with E-state index in [-0.39, 0.29) is 0 Å². The molecule has 12 rings (SSSR count). The molecule has 0 saturated carbocycles. The molecular formula is C54H33NO2S. The molecule has 3 nitrogen and oxygen atoms in total. The third-order valence-corrected chi connectivity index (χ3v) is 12.7. The molecule has 0 aliphatic rings. The lowest BCUT2D eigenvalue weighted by atomic mass is 9.98. The van der Waals surface area contributed by atoms with E-state index in [9.17, 15) is 0 Å². The lowest BCUT2D eigenvalue weighted by Crippen LogP contribution is -2.11. The zero-order valence-corrected chi connectivity index (χ0v) is 32.0. The second kappa shape index (κ2) is 13.1. The maximum absolute atomic E-state index is 7.03. The Hall–Kier alpha value is -7.40. The molecule has 0 aliphatic heterocycles. The van der Waals surface area contributed by atoms with Crippen LogP contribution in [0.5, 0.6) is 0 Å². The molecule has 12 aromatic rings. The van der Waals surface area contributed by atoms with Gasteiger partial charge >= 0.3 is 0 Å². The Morgan fingerprint density at radius 1 is 0.362 bits per heavy atom. The summed E-state index contributed by atoms with van der Waals surface area (Å²) in [6.45, 7) is 0. The fraction of sp³-hybridized carbons (Fsp3) is 0. The van der Waals surface area contributed by atoms with Gasteiger partial charge in [0.15, 0.2) is 0 Å². The van der Waals surface area contributed by atoms with Crippen LogP contribution in [0, 0.1) is 0 Å². The predicted molar refractivity (Wildman–Crippen MR) is 245 cm³/mol. The molecule has 58 heavy (non-hydrogen) atoms. The quantitative estimate of drug-likeness (QED) is 0.169. The van der Waals surface area contributed by atoms with Gasteiger partial charge in [-0.1, -0.05) is 140 Å². The molecule has 272 valence electrons. The largest absolute Gasteiger partial charge is 0.456 e. The number of para-hydroxylation sites is 1. The molecule has 0 aliphatic carbocycles. The number of nitrogens with zero attached hydrogens (tertiary/aromatic N) is 1. The first-order chi connectivity index (χ1) is 28.8. The summed E-state index contributed by atoms with van der Waals surface area (Å²) in [7, 11) is 0. The average molecular weight is 760 g/mol. The Kier molecular flexibility index (Phi) is 7.40. The molecule has 0 bridgehead atoms. The molecule has 3 aromatic heterocycles. The summed E-state index contributed by atoms with van der Waals surface area (Å²) in [6, 6.07) is 71.3. The van der Waals surface area contributed by atoms with E-state index in [1.807, 2.05) is 17.4 Å². The van der Waals surface area contributed by atoms with Crippen molar-refractivity contribution in [1.82, 2.24) is 0 Å². The van der Waals surface area contributed by atoms with Gasteiger partial charge in [0.2, 0.25) is 0 Å². The van der Waals surface area contributed by atoms with Gasteiger partial charge in [0.1, 0.15) is 22.3 Å². The minimum atomic E-state index is 0.847. The average Bonchev–Trinajstić information content (AvgIpc) is 3.99. The van der Waals surface area contributed by atoms with E-state index >= 15 is 0 Å². The molecule has 9 aromatic carbocycles. The number of fused-ring (bicyclic) bond motifs is 9. The molecule has 0 amide bonds. The lowest BCUT2D eigenvalue weighted by molar-refractivity contribution is 0.669. The molecule has 0 N–H and O–H groups in total. The topological polar surface area (TPSA) is 29.5 Å². The van der Waals surface area contributed by atoms with E-state index in [1.54, 1.807) is 0 Å². The second-order valence-electron chi connectivity index (χ2n) is 14.8. The summed E-state index contributed by atoms with van der Waals surface area (Å²) in [5, 5.41) is 6.75. The molecule has 0 saturated heterocycles. The van der Waals surface area contributed by atoms with Gasteiger partial charge in [-0.05, 0) is 88.5 Å². The maximum Gasteiger partial charge on any atom is 0.145 e. The van der Waals surface area contributed by atoms with E-state index in [0.29, 0.717) is 0 Å². The highest BCUT2D eigenvalue weighted by atomic mass is 32.1. The van der Waals surface area contributed by atoms with Crippen LogP contribution in [0.2, 0.25) is 0 Å². The van der Waals surface area contributed by atoms with Crippen LogP contribution in [-0.2, 0) is 0 Å². The Bertz CT molecular complexity index is 3510. The van der Waals surface area contributed by atoms with Crippen LogP contribution in [0.25, 0.3) is 97.4 Å². The summed E-state index contributed by atoms with van der Waals surface area (Å²) in [5.41, 5.74) is 13.4. The highest BCUT2D eigenvalue weighted by Crippen LogP contribution is 2.50. The van der Waals surface area contributed by atoms with E-state index in [1.165, 1.54) is 31.3 Å². The van der Waals surface area contributed by atoms with Crippen molar-refractivity contribution in [2.75, 3.05) is 4.90 Å². The van der Waals surface area contributed by atoms with Crippen molar-refractivity contribution in [2.45, 2.75) is 0 Å². The molecule has 4 heteroatoms. The Morgan fingerprint density at radius 2 is 1.02 bits per heavy atom. The van der Waals surface area contributed by atoms with Crippen molar-refractivity contribution in [3.63, 3.8) is 0 Å². The summed E-state index contributed by atoms with van der Waals surface area (Å²) < 4.78 is 16.1. The lowest BCUT2D eigenvalue weighted by Gasteiger charge is -2.27. The summed E-state index contributed by atoms with van der Waals surface area (Å²) in [4.78, 5) is 2.42. The molecule has 3 heterocycles. The molecule has 0 unspecified atom stereocenters. The van der Waals surface area contributed by atoms with Crippen LogP contribution in [0.3, 0.4) is 0 Å². The Labute approximate surface area is 338 Å². The van der Waals surface area contributed by atoms with Crippen molar-refractivity contribution in [3.8, 4) is 33.4 Å². The first kappa shape index (κ1) is 32.8. The molecule has 0 radical (unpaired) electrons. The minimum absolute atomic E-state index is 0.847. The van der Waals surface area contributed by atoms with E-state index in [0.717, 1.165) is 83.2 Å². The Morgan fingerprint density at radius 3 is 1.83 bits per heavy atom. The fourth-order valence-corrected chi connectivity index (χ4v) is 10.0. The van der Waals surface area contributed by atoms with Crippen LogP contribution in [0.4, 0.5) is 17.1 Å². The van der Waals surface area contributed by atoms with Crippen LogP contribution >= 0.6 is 11.3 Å². The first-order valence-electron chi connectivity index (χ1n) is 19.6. The van der Waals surface area contributed by atoms with E-state index in [2.05, 4.69) is 199 Å². The van der Waals surface area contributed by atoms with Gasteiger partial charge in [-0.3, -0.25) is 0 Å². The number of hydrogen-bond acceptors (Lipinski definition) is 4.